The zero-order valence-corrected chi connectivity index (χ0v) is 12.6. The fraction of sp³-hybridized carbons (Fsp3) is 0.333. The number of hydrazine groups is 1. The van der Waals surface area contributed by atoms with E-state index in [9.17, 15) is 4.79 Å². The van der Waals surface area contributed by atoms with Crippen molar-refractivity contribution < 1.29 is 19.2 Å². The van der Waals surface area contributed by atoms with Crippen molar-refractivity contribution in [2.45, 2.75) is 20.2 Å². The predicted molar refractivity (Wildman–Crippen MR) is 77.2 cm³/mol. The number of rotatable bonds is 3. The van der Waals surface area contributed by atoms with Crippen molar-refractivity contribution in [1.29, 1.82) is 0 Å². The Hall–Kier alpha value is -2.07. The fourth-order valence-electron chi connectivity index (χ4n) is 1.84. The number of benzene rings is 1. The van der Waals surface area contributed by atoms with Crippen molar-refractivity contribution in [2.24, 2.45) is 5.10 Å². The molecule has 10 heteroatoms. The molecule has 2 aliphatic heterocycles. The molecule has 1 amide bonds. The Bertz CT molecular complexity index is 622. The van der Waals surface area contributed by atoms with E-state index in [1.807, 2.05) is 13.0 Å². The van der Waals surface area contributed by atoms with Gasteiger partial charge in [-0.2, -0.15) is 10.0 Å². The second kappa shape index (κ2) is 5.97. The average Bonchev–Trinajstić information content (AvgIpc) is 3.20. The van der Waals surface area contributed by atoms with Gasteiger partial charge in [-0.05, 0) is 37.1 Å². The second-order valence-corrected chi connectivity index (χ2v) is 4.84. The Morgan fingerprint density at radius 3 is 3.05 bits per heavy atom. The normalized spacial score (nSPS) is 19.5. The van der Waals surface area contributed by atoms with E-state index in [-0.39, 0.29) is 12.6 Å². The molecule has 2 heterocycles. The van der Waals surface area contributed by atoms with Crippen molar-refractivity contribution in [2.75, 3.05) is 11.7 Å². The van der Waals surface area contributed by atoms with Crippen LogP contribution in [0.4, 0.5) is 10.5 Å². The molecular weight excluding hydrogens is 314 g/mol. The summed E-state index contributed by atoms with van der Waals surface area (Å²) in [5.74, 6) is 0. The smallest absolute Gasteiger partial charge is 0.421 e. The first-order chi connectivity index (χ1) is 10.6. The maximum Gasteiger partial charge on any atom is 0.421 e. The minimum Gasteiger partial charge on any atom is -0.449 e. The summed E-state index contributed by atoms with van der Waals surface area (Å²) in [5, 5.41) is 6.15. The molecule has 2 aliphatic rings. The molecule has 0 spiro atoms. The van der Waals surface area contributed by atoms with Gasteiger partial charge in [-0.3, -0.25) is 4.84 Å². The number of carbonyl (C=O) groups is 1. The maximum atomic E-state index is 11.9. The summed E-state index contributed by atoms with van der Waals surface area (Å²) in [6, 6.07) is 5.36. The lowest BCUT2D eigenvalue weighted by atomic mass is 10.2. The van der Waals surface area contributed by atoms with Crippen LogP contribution in [0, 0.1) is 6.92 Å². The second-order valence-electron chi connectivity index (χ2n) is 4.43. The third-order valence-electron chi connectivity index (χ3n) is 3.00. The van der Waals surface area contributed by atoms with Crippen LogP contribution in [0.5, 0.6) is 0 Å². The summed E-state index contributed by atoms with van der Waals surface area (Å²) in [6.07, 6.45) is -1.30. The van der Waals surface area contributed by atoms with E-state index in [0.717, 1.165) is 10.5 Å². The third kappa shape index (κ3) is 2.79. The van der Waals surface area contributed by atoms with Gasteiger partial charge in [0.1, 0.15) is 0 Å². The number of amides is 1. The lowest BCUT2D eigenvalue weighted by Crippen LogP contribution is -2.41. The Morgan fingerprint density at radius 1 is 1.59 bits per heavy atom. The van der Waals surface area contributed by atoms with E-state index in [2.05, 4.69) is 16.2 Å². The molecule has 1 atom stereocenters. The zero-order chi connectivity index (χ0) is 15.7. The summed E-state index contributed by atoms with van der Waals surface area (Å²) in [5.41, 5.74) is 6.62. The summed E-state index contributed by atoms with van der Waals surface area (Å²) in [7, 11) is 0. The minimum atomic E-state index is -0.667. The summed E-state index contributed by atoms with van der Waals surface area (Å²) >= 11 is 6.09. The highest BCUT2D eigenvalue weighted by Crippen LogP contribution is 2.27. The van der Waals surface area contributed by atoms with Crippen LogP contribution in [0.15, 0.2) is 23.3 Å². The van der Waals surface area contributed by atoms with Crippen LogP contribution in [-0.4, -0.2) is 30.0 Å². The summed E-state index contributed by atoms with van der Waals surface area (Å²) in [4.78, 5) is 23.2. The zero-order valence-electron chi connectivity index (χ0n) is 11.9. The number of nitrogens with zero attached hydrogens (tertiary/aromatic N) is 3. The van der Waals surface area contributed by atoms with Crippen molar-refractivity contribution in [3.8, 4) is 0 Å². The van der Waals surface area contributed by atoms with Crippen molar-refractivity contribution in [3.63, 3.8) is 0 Å². The van der Waals surface area contributed by atoms with E-state index < -0.39 is 12.4 Å². The maximum absolute atomic E-state index is 11.9. The highest BCUT2D eigenvalue weighted by molar-refractivity contribution is 6.31. The van der Waals surface area contributed by atoms with Gasteiger partial charge in [0.15, 0.2) is 0 Å². The van der Waals surface area contributed by atoms with E-state index in [1.165, 1.54) is 5.12 Å². The molecule has 1 unspecified atom stereocenters. The largest absolute Gasteiger partial charge is 0.449 e. The first kappa shape index (κ1) is 14.9. The SMILES string of the molecule is CCOC(=O)N(C1=NN(c2cccc(Cl)c2C)NO1)C1NO1. The summed E-state index contributed by atoms with van der Waals surface area (Å²) in [6.45, 7) is 3.77. The monoisotopic (exact) mass is 327 g/mol. The van der Waals surface area contributed by atoms with Gasteiger partial charge in [-0.15, -0.1) is 5.48 Å². The van der Waals surface area contributed by atoms with Gasteiger partial charge in [0, 0.05) is 5.02 Å². The molecule has 1 aromatic carbocycles. The van der Waals surface area contributed by atoms with E-state index in [0.29, 0.717) is 10.7 Å². The minimum absolute atomic E-state index is 0.00664. The molecule has 0 bridgehead atoms. The molecule has 0 saturated carbocycles. The van der Waals surface area contributed by atoms with Gasteiger partial charge in [-0.25, -0.2) is 4.79 Å². The highest BCUT2D eigenvalue weighted by Gasteiger charge is 2.42. The van der Waals surface area contributed by atoms with E-state index in [1.54, 1.807) is 19.1 Å². The number of nitrogens with one attached hydrogen (secondary N) is 2. The molecule has 118 valence electrons. The van der Waals surface area contributed by atoms with Gasteiger partial charge in [-0.1, -0.05) is 22.8 Å². The van der Waals surface area contributed by atoms with E-state index in [4.69, 9.17) is 26.0 Å². The average molecular weight is 328 g/mol. The Labute approximate surface area is 131 Å². The number of hydroxylamine groups is 1. The number of amidine groups is 1. The standard InChI is InChI=1S/C12H14ClN5O4/c1-3-20-12(19)17(11-15-21-11)10-14-18(16-22-10)9-6-4-5-8(13)7(9)2/h4-6,11,15-16H,3H2,1-2H3. The molecule has 1 saturated heterocycles. The Balaban J connectivity index is 1.83. The van der Waals surface area contributed by atoms with Crippen LogP contribution in [0.25, 0.3) is 0 Å². The number of carbonyl (C=O) groups excluding carboxylic acids is 1. The molecule has 1 aromatic rings. The number of hydrogen-bond acceptors (Lipinski definition) is 8. The number of halogens is 1. The van der Waals surface area contributed by atoms with Crippen LogP contribution in [0.3, 0.4) is 0 Å². The van der Waals surface area contributed by atoms with Gasteiger partial charge in [0.2, 0.25) is 6.35 Å². The van der Waals surface area contributed by atoms with Gasteiger partial charge in [0.25, 0.3) is 0 Å². The molecule has 9 nitrogen and oxygen atoms in total. The Morgan fingerprint density at radius 2 is 2.36 bits per heavy atom. The summed E-state index contributed by atoms with van der Waals surface area (Å²) < 4.78 is 4.94. The quantitative estimate of drug-likeness (QED) is 0.810. The number of hydrazone groups is 1. The van der Waals surface area contributed by atoms with Crippen LogP contribution >= 0.6 is 11.6 Å². The van der Waals surface area contributed by atoms with Gasteiger partial charge >= 0.3 is 12.1 Å². The fourth-order valence-corrected chi connectivity index (χ4v) is 2.01. The molecule has 3 rings (SSSR count). The van der Waals surface area contributed by atoms with Crippen LogP contribution in [-0.2, 0) is 14.4 Å². The lowest BCUT2D eigenvalue weighted by Gasteiger charge is -2.14. The van der Waals surface area contributed by atoms with Crippen molar-refractivity contribution in [1.82, 2.24) is 16.0 Å². The Kier molecular flexibility index (Phi) is 4.03. The molecule has 2 N–H and O–H groups in total. The molecule has 22 heavy (non-hydrogen) atoms. The van der Waals surface area contributed by atoms with Crippen LogP contribution in [0.2, 0.25) is 5.02 Å². The molecular formula is C12H14ClN5O4. The van der Waals surface area contributed by atoms with E-state index >= 15 is 0 Å². The predicted octanol–water partition coefficient (Wildman–Crippen LogP) is 1.45. The van der Waals surface area contributed by atoms with Crippen molar-refractivity contribution >= 4 is 29.4 Å². The number of ether oxygens (including phenoxy) is 1. The molecule has 1 fully saturated rings. The number of hydrogen-bond donors (Lipinski definition) is 2. The van der Waals surface area contributed by atoms with Crippen LogP contribution < -0.4 is 16.2 Å². The molecule has 0 aliphatic carbocycles. The van der Waals surface area contributed by atoms with Crippen molar-refractivity contribution in [3.05, 3.63) is 28.8 Å². The van der Waals surface area contributed by atoms with Crippen LogP contribution in [0.1, 0.15) is 12.5 Å². The molecule has 0 radical (unpaired) electrons. The van der Waals surface area contributed by atoms with Gasteiger partial charge in [0.05, 0.1) is 12.3 Å². The third-order valence-corrected chi connectivity index (χ3v) is 3.41. The number of anilines is 1. The first-order valence-corrected chi connectivity index (χ1v) is 6.93. The highest BCUT2D eigenvalue weighted by atomic mass is 35.5. The van der Waals surface area contributed by atoms with Gasteiger partial charge < -0.3 is 9.57 Å². The molecule has 0 aromatic heterocycles. The topological polar surface area (TPSA) is 101 Å². The lowest BCUT2D eigenvalue weighted by molar-refractivity contribution is 0.0938. The first-order valence-electron chi connectivity index (χ1n) is 6.55.